The Hall–Kier alpha value is -6.42. The number of hydrogen-bond acceptors (Lipinski definition) is 7. The van der Waals surface area contributed by atoms with E-state index in [1.165, 1.54) is 19.2 Å². The van der Waals surface area contributed by atoms with Gasteiger partial charge in [-0.25, -0.2) is 14.6 Å². The lowest BCUT2D eigenvalue weighted by Crippen LogP contribution is -2.43. The number of phenols is 1. The number of aromatic hydroxyl groups is 1. The van der Waals surface area contributed by atoms with Crippen LogP contribution in [0.15, 0.2) is 109 Å². The standard InChI is InChI=1S/C38H30N4O6/c1-47-37(45)28-17-23(15-16-33(28)43)34-35-27(26-12-6-8-14-30(26)40-35)19-31(41-34)36(44)42-32(38(46)48-21-22-9-3-2-4-10-22)18-24-20-39-29-13-7-5-11-25(24)29/h2-17,19-20,32,39-40,43H,18,21H2,1H3,(H,42,44)/t32-/m0/s1. The number of hydrogen-bond donors (Lipinski definition) is 4. The van der Waals surface area contributed by atoms with Gasteiger partial charge in [0.15, 0.2) is 0 Å². The third-order valence-electron chi connectivity index (χ3n) is 8.32. The predicted octanol–water partition coefficient (Wildman–Crippen LogP) is 6.44. The van der Waals surface area contributed by atoms with Gasteiger partial charge in [-0.2, -0.15) is 0 Å². The molecule has 0 saturated heterocycles. The van der Waals surface area contributed by atoms with Crippen molar-refractivity contribution in [3.05, 3.63) is 132 Å². The molecule has 0 unspecified atom stereocenters. The maximum atomic E-state index is 14.1. The van der Waals surface area contributed by atoms with Crippen LogP contribution in [0.3, 0.4) is 0 Å². The second kappa shape index (κ2) is 12.8. The van der Waals surface area contributed by atoms with Gasteiger partial charge in [-0.1, -0.05) is 66.7 Å². The van der Waals surface area contributed by atoms with Crippen LogP contribution in [0.5, 0.6) is 5.75 Å². The molecule has 0 fully saturated rings. The number of amides is 1. The highest BCUT2D eigenvalue weighted by atomic mass is 16.5. The Bertz CT molecular complexity index is 2330. The molecule has 0 aliphatic heterocycles. The lowest BCUT2D eigenvalue weighted by atomic mass is 10.0. The molecular weight excluding hydrogens is 608 g/mol. The van der Waals surface area contributed by atoms with Crippen LogP contribution in [0.1, 0.15) is 32.0 Å². The normalized spacial score (nSPS) is 11.9. The summed E-state index contributed by atoms with van der Waals surface area (Å²) >= 11 is 0. The van der Waals surface area contributed by atoms with E-state index in [0.29, 0.717) is 22.2 Å². The first-order valence-corrected chi connectivity index (χ1v) is 15.3. The van der Waals surface area contributed by atoms with Crippen LogP contribution in [-0.2, 0) is 27.3 Å². The summed E-state index contributed by atoms with van der Waals surface area (Å²) in [5.74, 6) is -2.14. The molecule has 7 aromatic rings. The molecule has 0 aliphatic rings. The van der Waals surface area contributed by atoms with Crippen LogP contribution < -0.4 is 5.32 Å². The number of carbonyl (C=O) groups excluding carboxylic acids is 3. The van der Waals surface area contributed by atoms with Crippen molar-refractivity contribution in [2.24, 2.45) is 0 Å². The number of phenolic OH excluding ortho intramolecular Hbond substituents is 1. The average Bonchev–Trinajstić information content (AvgIpc) is 3.71. The van der Waals surface area contributed by atoms with Gasteiger partial charge in [0.05, 0.1) is 18.3 Å². The summed E-state index contributed by atoms with van der Waals surface area (Å²) in [5.41, 5.74) is 4.87. The van der Waals surface area contributed by atoms with Crippen molar-refractivity contribution >= 4 is 50.6 Å². The highest BCUT2D eigenvalue weighted by Gasteiger charge is 2.27. The largest absolute Gasteiger partial charge is 0.507 e. The van der Waals surface area contributed by atoms with E-state index in [1.807, 2.05) is 85.1 Å². The van der Waals surface area contributed by atoms with Crippen molar-refractivity contribution in [2.75, 3.05) is 7.11 Å². The van der Waals surface area contributed by atoms with Crippen LogP contribution in [0.25, 0.3) is 44.0 Å². The summed E-state index contributed by atoms with van der Waals surface area (Å²) in [6, 6.07) is 29.8. The molecular formula is C38H30N4O6. The number of fused-ring (bicyclic) bond motifs is 4. The van der Waals surface area contributed by atoms with Gasteiger partial charge in [0.1, 0.15) is 29.7 Å². The third-order valence-corrected chi connectivity index (χ3v) is 8.32. The zero-order valence-electron chi connectivity index (χ0n) is 25.8. The topological polar surface area (TPSA) is 146 Å². The van der Waals surface area contributed by atoms with E-state index in [9.17, 15) is 19.5 Å². The molecule has 238 valence electrons. The van der Waals surface area contributed by atoms with Crippen molar-refractivity contribution < 1.29 is 29.0 Å². The molecule has 4 N–H and O–H groups in total. The van der Waals surface area contributed by atoms with Gasteiger partial charge in [0, 0.05) is 45.4 Å². The molecule has 3 heterocycles. The molecule has 10 nitrogen and oxygen atoms in total. The minimum absolute atomic E-state index is 0.0455. The van der Waals surface area contributed by atoms with Crippen molar-refractivity contribution in [3.63, 3.8) is 0 Å². The van der Waals surface area contributed by atoms with E-state index in [-0.39, 0.29) is 30.0 Å². The number of esters is 2. The number of para-hydroxylation sites is 2. The lowest BCUT2D eigenvalue weighted by Gasteiger charge is -2.18. The SMILES string of the molecule is COC(=O)c1cc(-c2nc(C(=O)N[C@@H](Cc3c[nH]c4ccccc34)C(=O)OCc3ccccc3)cc3c2[nH]c2ccccc23)ccc1O. The van der Waals surface area contributed by atoms with Crippen LogP contribution in [0.2, 0.25) is 0 Å². The highest BCUT2D eigenvalue weighted by molar-refractivity contribution is 6.13. The first kappa shape index (κ1) is 30.2. The minimum Gasteiger partial charge on any atom is -0.507 e. The summed E-state index contributed by atoms with van der Waals surface area (Å²) in [6.45, 7) is 0.0486. The first-order chi connectivity index (χ1) is 23.4. The van der Waals surface area contributed by atoms with Gasteiger partial charge in [0.2, 0.25) is 0 Å². The van der Waals surface area contributed by atoms with Gasteiger partial charge >= 0.3 is 11.9 Å². The number of nitrogens with zero attached hydrogens (tertiary/aromatic N) is 1. The van der Waals surface area contributed by atoms with Gasteiger partial charge in [-0.15, -0.1) is 0 Å². The molecule has 0 aliphatic carbocycles. The molecule has 4 aromatic carbocycles. The quantitative estimate of drug-likeness (QED) is 0.133. The molecule has 7 rings (SSSR count). The van der Waals surface area contributed by atoms with Gasteiger partial charge in [0.25, 0.3) is 5.91 Å². The summed E-state index contributed by atoms with van der Waals surface area (Å²) in [5, 5.41) is 15.7. The van der Waals surface area contributed by atoms with Crippen molar-refractivity contribution in [2.45, 2.75) is 19.1 Å². The molecule has 1 atom stereocenters. The molecule has 3 aromatic heterocycles. The smallest absolute Gasteiger partial charge is 0.341 e. The van der Waals surface area contributed by atoms with Crippen molar-refractivity contribution in [3.8, 4) is 17.0 Å². The van der Waals surface area contributed by atoms with Crippen molar-refractivity contribution in [1.29, 1.82) is 0 Å². The lowest BCUT2D eigenvalue weighted by molar-refractivity contribution is -0.147. The van der Waals surface area contributed by atoms with Crippen LogP contribution >= 0.6 is 0 Å². The Kier molecular flexibility index (Phi) is 8.04. The van der Waals surface area contributed by atoms with E-state index in [4.69, 9.17) is 14.5 Å². The van der Waals surface area contributed by atoms with Gasteiger partial charge in [-0.05, 0) is 47.5 Å². The highest BCUT2D eigenvalue weighted by Crippen LogP contribution is 2.34. The van der Waals surface area contributed by atoms with Crippen LogP contribution in [0, 0.1) is 0 Å². The Morgan fingerprint density at radius 2 is 1.58 bits per heavy atom. The Labute approximate surface area is 274 Å². The number of carbonyl (C=O) groups is 3. The van der Waals surface area contributed by atoms with Crippen LogP contribution in [-0.4, -0.2) is 51.1 Å². The number of rotatable bonds is 9. The predicted molar refractivity (Wildman–Crippen MR) is 182 cm³/mol. The van der Waals surface area contributed by atoms with E-state index < -0.39 is 23.9 Å². The number of nitrogens with one attached hydrogen (secondary N) is 3. The number of pyridine rings is 1. The maximum Gasteiger partial charge on any atom is 0.341 e. The number of H-pyrrole nitrogens is 2. The van der Waals surface area contributed by atoms with E-state index in [1.54, 1.807) is 12.1 Å². The second-order valence-electron chi connectivity index (χ2n) is 11.4. The number of methoxy groups -OCH3 is 1. The van der Waals surface area contributed by atoms with Gasteiger partial charge < -0.3 is 29.9 Å². The number of aromatic nitrogens is 3. The maximum absolute atomic E-state index is 14.1. The van der Waals surface area contributed by atoms with E-state index in [0.717, 1.165) is 32.9 Å². The average molecular weight is 639 g/mol. The number of aromatic amines is 2. The Morgan fingerprint density at radius 3 is 2.38 bits per heavy atom. The van der Waals surface area contributed by atoms with Gasteiger partial charge in [-0.3, -0.25) is 4.79 Å². The molecule has 1 amide bonds. The molecule has 0 saturated carbocycles. The number of benzene rings is 4. The van der Waals surface area contributed by atoms with E-state index >= 15 is 0 Å². The molecule has 0 bridgehead atoms. The Morgan fingerprint density at radius 1 is 0.854 bits per heavy atom. The molecule has 48 heavy (non-hydrogen) atoms. The second-order valence-corrected chi connectivity index (χ2v) is 11.4. The fourth-order valence-electron chi connectivity index (χ4n) is 5.90. The zero-order valence-corrected chi connectivity index (χ0v) is 25.8. The summed E-state index contributed by atoms with van der Waals surface area (Å²) < 4.78 is 10.5. The molecule has 10 heteroatoms. The third kappa shape index (κ3) is 5.82. The fraction of sp³-hybridized carbons (Fsp3) is 0.105. The zero-order chi connectivity index (χ0) is 33.2. The summed E-state index contributed by atoms with van der Waals surface area (Å²) in [6.07, 6.45) is 2.00. The molecule has 0 spiro atoms. The summed E-state index contributed by atoms with van der Waals surface area (Å²) in [4.78, 5) is 51.4. The number of ether oxygens (including phenoxy) is 2. The van der Waals surface area contributed by atoms with E-state index in [2.05, 4.69) is 15.3 Å². The minimum atomic E-state index is -1.04. The Balaban J connectivity index is 1.28. The molecule has 0 radical (unpaired) electrons. The monoisotopic (exact) mass is 638 g/mol. The fourth-order valence-corrected chi connectivity index (χ4v) is 5.90. The first-order valence-electron chi connectivity index (χ1n) is 15.3. The van der Waals surface area contributed by atoms with Crippen molar-refractivity contribution in [1.82, 2.24) is 20.3 Å². The van der Waals surface area contributed by atoms with Crippen LogP contribution in [0.4, 0.5) is 0 Å². The summed E-state index contributed by atoms with van der Waals surface area (Å²) in [7, 11) is 1.23.